The molecule has 0 aliphatic heterocycles. The summed E-state index contributed by atoms with van der Waals surface area (Å²) in [5, 5.41) is 22.6. The van der Waals surface area contributed by atoms with Crippen LogP contribution >= 0.6 is 63.7 Å². The van der Waals surface area contributed by atoms with Crippen molar-refractivity contribution in [3.8, 4) is 11.5 Å². The fourth-order valence-electron chi connectivity index (χ4n) is 3.42. The lowest BCUT2D eigenvalue weighted by Crippen LogP contribution is -2.27. The van der Waals surface area contributed by atoms with Gasteiger partial charge in [-0.15, -0.1) is 0 Å². The molecule has 0 aliphatic carbocycles. The normalized spacial score (nSPS) is 10.5. The van der Waals surface area contributed by atoms with Gasteiger partial charge in [-0.3, -0.25) is 0 Å². The van der Waals surface area contributed by atoms with Gasteiger partial charge in [-0.05, 0) is 79.9 Å². The quantitative estimate of drug-likeness (QED) is 0.0252. The van der Waals surface area contributed by atoms with Crippen molar-refractivity contribution >= 4 is 93.3 Å². The number of anilines is 1. The summed E-state index contributed by atoms with van der Waals surface area (Å²) in [5.41, 5.74) is 13.2. The number of carboxylic acids is 2. The molecule has 0 aromatic heterocycles. The van der Waals surface area contributed by atoms with Gasteiger partial charge in [0.15, 0.2) is 11.5 Å². The highest BCUT2D eigenvalue weighted by atomic mass is 79.9. The molecule has 0 saturated heterocycles. The van der Waals surface area contributed by atoms with Crippen molar-refractivity contribution < 1.29 is 43.6 Å². The van der Waals surface area contributed by atoms with Gasteiger partial charge in [0.25, 0.3) is 0 Å². The van der Waals surface area contributed by atoms with Crippen LogP contribution in [0.25, 0.3) is 10.4 Å². The second-order valence-electron chi connectivity index (χ2n) is 8.34. The zero-order valence-corrected chi connectivity index (χ0v) is 28.3. The molecule has 0 fully saturated rings. The Morgan fingerprint density at radius 2 is 1.27 bits per heavy atom. The number of nitrogens with zero attached hydrogens (tertiary/aromatic N) is 3. The van der Waals surface area contributed by atoms with Gasteiger partial charge in [-0.2, -0.15) is 0 Å². The van der Waals surface area contributed by atoms with Gasteiger partial charge < -0.3 is 29.8 Å². The third-order valence-corrected chi connectivity index (χ3v) is 7.37. The number of rotatable bonds is 14. The second-order valence-corrected chi connectivity index (χ2v) is 11.9. The van der Waals surface area contributed by atoms with E-state index in [9.17, 15) is 29.4 Å². The second kappa shape index (κ2) is 16.5. The Kier molecular flexibility index (Phi) is 13.1. The van der Waals surface area contributed by atoms with E-state index in [1.165, 1.54) is 36.4 Å². The molecule has 3 aromatic rings. The lowest BCUT2D eigenvalue weighted by Gasteiger charge is -2.15. The number of halogens is 4. The zero-order valence-electron chi connectivity index (χ0n) is 22.0. The summed E-state index contributed by atoms with van der Waals surface area (Å²) in [4.78, 5) is 52.7. The van der Waals surface area contributed by atoms with Crippen molar-refractivity contribution in [3.05, 3.63) is 93.1 Å². The van der Waals surface area contributed by atoms with E-state index in [-0.39, 0.29) is 74.7 Å². The number of carbonyl (C=O) groups excluding carboxylic acids is 2. The standard InChI is InChI=1S/C26H19Br4N5O9/c27-14-8-17(23(36)37)21(19(29)10-14)43-25(40)12-5-13(7-16(6-12)34-32-1-3-42-4-2-33-35-31)26(41)44-22-18(24(38)39)9-15(28)11-20(22)30/h5-11,32,34H,1-4H2,(H,36,37)(H,38,39). The van der Waals surface area contributed by atoms with Gasteiger partial charge in [0, 0.05) is 26.9 Å². The van der Waals surface area contributed by atoms with Gasteiger partial charge in [0.2, 0.25) is 0 Å². The number of carbonyl (C=O) groups is 4. The van der Waals surface area contributed by atoms with E-state index >= 15 is 0 Å². The SMILES string of the molecule is [N-]=[N+]=NCCOCCNNc1cc(C(=O)Oc2c(Br)cc(Br)cc2C(=O)O)cc(C(=O)Oc2c(Br)cc(Br)cc2C(=O)O)c1. The molecule has 0 bridgehead atoms. The molecular formula is C26H19Br4N5O9. The van der Waals surface area contributed by atoms with E-state index in [0.717, 1.165) is 6.07 Å². The molecule has 18 heteroatoms. The van der Waals surface area contributed by atoms with Gasteiger partial charge in [0.1, 0.15) is 11.1 Å². The summed E-state index contributed by atoms with van der Waals surface area (Å²) < 4.78 is 17.4. The Balaban J connectivity index is 1.92. The highest BCUT2D eigenvalue weighted by molar-refractivity contribution is 9.11. The average Bonchev–Trinajstić information content (AvgIpc) is 2.96. The molecule has 3 aromatic carbocycles. The first-order chi connectivity index (χ1) is 20.9. The van der Waals surface area contributed by atoms with Crippen LogP contribution in [-0.4, -0.2) is 60.4 Å². The highest BCUT2D eigenvalue weighted by Crippen LogP contribution is 2.35. The summed E-state index contributed by atoms with van der Waals surface area (Å²) in [7, 11) is 0. The number of carboxylic acid groups (broad SMARTS) is 2. The number of hydrazine groups is 1. The predicted octanol–water partition coefficient (Wildman–Crippen LogP) is 6.81. The molecule has 4 N–H and O–H groups in total. The van der Waals surface area contributed by atoms with Crippen molar-refractivity contribution in [1.29, 1.82) is 0 Å². The lowest BCUT2D eigenvalue weighted by atomic mass is 10.1. The summed E-state index contributed by atoms with van der Waals surface area (Å²) in [6.07, 6.45) is 0. The van der Waals surface area contributed by atoms with Crippen LogP contribution in [-0.2, 0) is 4.74 Å². The monoisotopic (exact) mass is 861 g/mol. The number of nitrogens with one attached hydrogen (secondary N) is 2. The first-order valence-corrected chi connectivity index (χ1v) is 15.2. The van der Waals surface area contributed by atoms with Crippen molar-refractivity contribution in [3.63, 3.8) is 0 Å². The largest absolute Gasteiger partial charge is 0.478 e. The highest BCUT2D eigenvalue weighted by Gasteiger charge is 2.24. The smallest absolute Gasteiger partial charge is 0.343 e. The number of hydrogen-bond acceptors (Lipinski definition) is 10. The molecule has 0 aliphatic rings. The molecule has 44 heavy (non-hydrogen) atoms. The van der Waals surface area contributed by atoms with Crippen LogP contribution in [0.4, 0.5) is 5.69 Å². The van der Waals surface area contributed by atoms with Crippen molar-refractivity contribution in [2.24, 2.45) is 5.11 Å². The average molecular weight is 865 g/mol. The van der Waals surface area contributed by atoms with Crippen LogP contribution in [0.2, 0.25) is 0 Å². The first kappa shape index (κ1) is 35.0. The van der Waals surface area contributed by atoms with E-state index in [1.807, 2.05) is 0 Å². The Morgan fingerprint density at radius 1 is 0.773 bits per heavy atom. The Morgan fingerprint density at radius 3 is 1.73 bits per heavy atom. The van der Waals surface area contributed by atoms with E-state index < -0.39 is 23.9 Å². The molecule has 0 radical (unpaired) electrons. The predicted molar refractivity (Wildman–Crippen MR) is 170 cm³/mol. The number of aromatic carboxylic acids is 2. The lowest BCUT2D eigenvalue weighted by molar-refractivity contribution is 0.0663. The van der Waals surface area contributed by atoms with Crippen molar-refractivity contribution in [1.82, 2.24) is 5.43 Å². The molecule has 3 rings (SSSR count). The maximum absolute atomic E-state index is 13.3. The van der Waals surface area contributed by atoms with Crippen LogP contribution < -0.4 is 20.3 Å². The van der Waals surface area contributed by atoms with E-state index in [2.05, 4.69) is 84.6 Å². The fraction of sp³-hybridized carbons (Fsp3) is 0.154. The summed E-state index contributed by atoms with van der Waals surface area (Å²) in [6.45, 7) is 0.842. The van der Waals surface area contributed by atoms with E-state index in [1.54, 1.807) is 0 Å². The number of esters is 2. The third-order valence-electron chi connectivity index (χ3n) is 5.27. The molecule has 0 spiro atoms. The van der Waals surface area contributed by atoms with E-state index in [0.29, 0.717) is 8.95 Å². The molecule has 0 saturated carbocycles. The molecular weight excluding hydrogens is 846 g/mol. The number of ether oxygens (including phenoxy) is 3. The summed E-state index contributed by atoms with van der Waals surface area (Å²) >= 11 is 12.8. The maximum Gasteiger partial charge on any atom is 0.343 e. The topological polar surface area (TPSA) is 209 Å². The minimum absolute atomic E-state index is 0.162. The summed E-state index contributed by atoms with van der Waals surface area (Å²) in [6, 6.07) is 9.31. The van der Waals surface area contributed by atoms with Crippen LogP contribution in [0.1, 0.15) is 41.4 Å². The van der Waals surface area contributed by atoms with Crippen molar-refractivity contribution in [2.75, 3.05) is 31.7 Å². The Labute approximate surface area is 282 Å². The van der Waals surface area contributed by atoms with Gasteiger partial charge >= 0.3 is 23.9 Å². The maximum atomic E-state index is 13.3. The van der Waals surface area contributed by atoms with Crippen LogP contribution in [0.15, 0.2) is 65.5 Å². The molecule has 230 valence electrons. The Hall–Kier alpha value is -3.51. The number of hydrogen-bond donors (Lipinski definition) is 4. The third kappa shape index (κ3) is 9.75. The molecule has 0 heterocycles. The van der Waals surface area contributed by atoms with Gasteiger partial charge in [0.05, 0.1) is 39.0 Å². The van der Waals surface area contributed by atoms with Crippen LogP contribution in [0.3, 0.4) is 0 Å². The van der Waals surface area contributed by atoms with Crippen LogP contribution in [0.5, 0.6) is 11.5 Å². The molecule has 0 unspecified atom stereocenters. The number of benzene rings is 3. The minimum Gasteiger partial charge on any atom is -0.478 e. The van der Waals surface area contributed by atoms with Crippen molar-refractivity contribution in [2.45, 2.75) is 0 Å². The zero-order chi connectivity index (χ0) is 32.4. The van der Waals surface area contributed by atoms with E-state index in [4.69, 9.17) is 19.7 Å². The fourth-order valence-corrected chi connectivity index (χ4v) is 6.04. The van der Waals surface area contributed by atoms with Gasteiger partial charge in [-0.1, -0.05) is 37.0 Å². The Bertz CT molecular complexity index is 1560. The molecule has 0 atom stereocenters. The van der Waals surface area contributed by atoms with Gasteiger partial charge in [-0.25, -0.2) is 24.6 Å². The summed E-state index contributed by atoms with van der Waals surface area (Å²) in [5.74, 6) is -5.26. The number of azide groups is 1. The molecule has 0 amide bonds. The molecule has 14 nitrogen and oxygen atoms in total. The van der Waals surface area contributed by atoms with Crippen LogP contribution in [0, 0.1) is 0 Å². The minimum atomic E-state index is -1.35. The first-order valence-electron chi connectivity index (χ1n) is 12.0.